The molecule has 1 rings (SSSR count). The van der Waals surface area contributed by atoms with E-state index in [1.807, 2.05) is 0 Å². The van der Waals surface area contributed by atoms with E-state index < -0.39 is 11.8 Å². The summed E-state index contributed by atoms with van der Waals surface area (Å²) < 4.78 is 0. The number of rotatable bonds is 2. The van der Waals surface area contributed by atoms with E-state index in [2.05, 4.69) is 0 Å². The van der Waals surface area contributed by atoms with Gasteiger partial charge in [-0.1, -0.05) is 0 Å². The smallest absolute Gasteiger partial charge is 0.249 e. The fraction of sp³-hybridized carbons (Fsp3) is 0. The van der Waals surface area contributed by atoms with E-state index in [-0.39, 0.29) is 16.9 Å². The third kappa shape index (κ3) is 1.76. The number of phenolic OH excluding ortho intramolecular Hbond substituents is 1. The first-order valence-corrected chi connectivity index (χ1v) is 3.45. The van der Waals surface area contributed by atoms with Crippen LogP contribution in [0, 0.1) is 0 Å². The third-order valence-electron chi connectivity index (χ3n) is 1.53. The molecule has 0 spiro atoms. The lowest BCUT2D eigenvalue weighted by atomic mass is 10.1. The highest BCUT2D eigenvalue weighted by molar-refractivity contribution is 6.06. The van der Waals surface area contributed by atoms with Gasteiger partial charge in [-0.25, -0.2) is 0 Å². The summed E-state index contributed by atoms with van der Waals surface area (Å²) in [7, 11) is 0. The first-order chi connectivity index (χ1) is 6.02. The molecule has 0 aliphatic carbocycles. The van der Waals surface area contributed by atoms with Gasteiger partial charge in [-0.2, -0.15) is 0 Å². The van der Waals surface area contributed by atoms with E-state index in [9.17, 15) is 9.59 Å². The zero-order valence-corrected chi connectivity index (χ0v) is 6.65. The molecule has 0 atom stereocenters. The van der Waals surface area contributed by atoms with Crippen LogP contribution in [-0.4, -0.2) is 16.9 Å². The maximum absolute atomic E-state index is 10.8. The maximum Gasteiger partial charge on any atom is 0.249 e. The van der Waals surface area contributed by atoms with Crippen molar-refractivity contribution in [3.63, 3.8) is 0 Å². The van der Waals surface area contributed by atoms with Gasteiger partial charge in [0.1, 0.15) is 5.75 Å². The Morgan fingerprint density at radius 1 is 1.08 bits per heavy atom. The second-order valence-electron chi connectivity index (χ2n) is 2.46. The van der Waals surface area contributed by atoms with Crippen LogP contribution in [0.2, 0.25) is 0 Å². The van der Waals surface area contributed by atoms with Crippen LogP contribution in [0.4, 0.5) is 0 Å². The van der Waals surface area contributed by atoms with Gasteiger partial charge < -0.3 is 16.6 Å². The van der Waals surface area contributed by atoms with Crippen molar-refractivity contribution < 1.29 is 14.7 Å². The van der Waals surface area contributed by atoms with E-state index >= 15 is 0 Å². The number of nitrogens with two attached hydrogens (primary N) is 2. The molecule has 68 valence electrons. The second kappa shape index (κ2) is 3.14. The first-order valence-electron chi connectivity index (χ1n) is 3.45. The Balaban J connectivity index is 3.35. The zero-order chi connectivity index (χ0) is 10.0. The molecule has 0 aromatic heterocycles. The van der Waals surface area contributed by atoms with Crippen molar-refractivity contribution in [3.05, 3.63) is 29.3 Å². The Kier molecular flexibility index (Phi) is 2.19. The monoisotopic (exact) mass is 180 g/mol. The van der Waals surface area contributed by atoms with Crippen molar-refractivity contribution in [1.82, 2.24) is 0 Å². The number of hydrogen-bond acceptors (Lipinski definition) is 3. The number of amides is 2. The first kappa shape index (κ1) is 9.05. The van der Waals surface area contributed by atoms with Crippen molar-refractivity contribution in [2.75, 3.05) is 0 Å². The van der Waals surface area contributed by atoms with E-state index in [4.69, 9.17) is 16.6 Å². The minimum Gasteiger partial charge on any atom is -0.508 e. The molecule has 2 amide bonds. The molecule has 13 heavy (non-hydrogen) atoms. The van der Waals surface area contributed by atoms with Gasteiger partial charge in [0, 0.05) is 0 Å². The van der Waals surface area contributed by atoms with E-state index in [1.165, 1.54) is 12.1 Å². The fourth-order valence-electron chi connectivity index (χ4n) is 0.951. The van der Waals surface area contributed by atoms with Gasteiger partial charge >= 0.3 is 0 Å². The molecule has 5 nitrogen and oxygen atoms in total. The quantitative estimate of drug-likeness (QED) is 0.575. The Morgan fingerprint density at radius 2 is 1.62 bits per heavy atom. The molecule has 0 radical (unpaired) electrons. The molecular weight excluding hydrogens is 172 g/mol. The van der Waals surface area contributed by atoms with Crippen LogP contribution in [0.15, 0.2) is 18.2 Å². The number of phenols is 1. The van der Waals surface area contributed by atoms with Crippen molar-refractivity contribution in [2.24, 2.45) is 11.5 Å². The highest BCUT2D eigenvalue weighted by Gasteiger charge is 2.12. The predicted octanol–water partition coefficient (Wildman–Crippen LogP) is -0.410. The van der Waals surface area contributed by atoms with Crippen LogP contribution in [0.3, 0.4) is 0 Å². The third-order valence-corrected chi connectivity index (χ3v) is 1.53. The Hall–Kier alpha value is -2.04. The summed E-state index contributed by atoms with van der Waals surface area (Å²) in [5, 5.41) is 9.01. The summed E-state index contributed by atoms with van der Waals surface area (Å²) in [6, 6.07) is 3.60. The summed E-state index contributed by atoms with van der Waals surface area (Å²) in [4.78, 5) is 21.6. The fourth-order valence-corrected chi connectivity index (χ4v) is 0.951. The normalized spacial score (nSPS) is 9.54. The van der Waals surface area contributed by atoms with E-state index in [0.717, 1.165) is 6.07 Å². The molecule has 0 unspecified atom stereocenters. The summed E-state index contributed by atoms with van der Waals surface area (Å²) in [6.45, 7) is 0. The molecule has 0 saturated heterocycles. The molecule has 0 fully saturated rings. The molecule has 0 saturated carbocycles. The minimum absolute atomic E-state index is 0.00491. The molecule has 0 aliphatic heterocycles. The number of aromatic hydroxyl groups is 1. The minimum atomic E-state index is -0.801. The summed E-state index contributed by atoms with van der Waals surface area (Å²) in [6.07, 6.45) is 0. The summed E-state index contributed by atoms with van der Waals surface area (Å²) >= 11 is 0. The molecule has 0 heterocycles. The van der Waals surface area contributed by atoms with Crippen molar-refractivity contribution in [2.45, 2.75) is 0 Å². The van der Waals surface area contributed by atoms with Crippen molar-refractivity contribution in [1.29, 1.82) is 0 Å². The van der Waals surface area contributed by atoms with Crippen molar-refractivity contribution >= 4 is 11.8 Å². The van der Waals surface area contributed by atoms with Gasteiger partial charge in [0.15, 0.2) is 0 Å². The number of carbonyl (C=O) groups is 2. The molecule has 1 aromatic carbocycles. The van der Waals surface area contributed by atoms with Crippen LogP contribution in [0.1, 0.15) is 20.7 Å². The Labute approximate surface area is 74.0 Å². The maximum atomic E-state index is 10.8. The van der Waals surface area contributed by atoms with Gasteiger partial charge in [0.2, 0.25) is 11.8 Å². The van der Waals surface area contributed by atoms with Crippen molar-refractivity contribution in [3.8, 4) is 5.75 Å². The van der Waals surface area contributed by atoms with Gasteiger partial charge in [-0.3, -0.25) is 9.59 Å². The van der Waals surface area contributed by atoms with Gasteiger partial charge in [0.25, 0.3) is 0 Å². The standard InChI is InChI=1S/C8H8N2O3/c9-7(12)5-2-1-4(11)3-6(5)8(10)13/h1-3,11H,(H2,9,12)(H2,10,13). The lowest BCUT2D eigenvalue weighted by molar-refractivity contribution is 0.0967. The van der Waals surface area contributed by atoms with Gasteiger partial charge in [0.05, 0.1) is 11.1 Å². The van der Waals surface area contributed by atoms with E-state index in [1.54, 1.807) is 0 Å². The lowest BCUT2D eigenvalue weighted by Crippen LogP contribution is -2.20. The largest absolute Gasteiger partial charge is 0.508 e. The molecular formula is C8H8N2O3. The van der Waals surface area contributed by atoms with Gasteiger partial charge in [-0.15, -0.1) is 0 Å². The Bertz CT molecular complexity index is 374. The Morgan fingerprint density at radius 3 is 2.08 bits per heavy atom. The second-order valence-corrected chi connectivity index (χ2v) is 2.46. The summed E-state index contributed by atoms with van der Waals surface area (Å²) in [5.74, 6) is -1.70. The molecule has 5 heteroatoms. The average molecular weight is 180 g/mol. The van der Waals surface area contributed by atoms with Crippen LogP contribution in [0.25, 0.3) is 0 Å². The number of hydrogen-bond donors (Lipinski definition) is 3. The number of primary amides is 2. The number of carbonyl (C=O) groups excluding carboxylic acids is 2. The zero-order valence-electron chi connectivity index (χ0n) is 6.65. The SMILES string of the molecule is NC(=O)c1ccc(O)cc1C(N)=O. The van der Waals surface area contributed by atoms with Crippen LogP contribution in [-0.2, 0) is 0 Å². The molecule has 0 bridgehead atoms. The number of benzene rings is 1. The van der Waals surface area contributed by atoms with Gasteiger partial charge in [-0.05, 0) is 18.2 Å². The molecule has 5 N–H and O–H groups in total. The summed E-state index contributed by atoms with van der Waals surface area (Å²) in [5.41, 5.74) is 9.87. The van der Waals surface area contributed by atoms with Crippen LogP contribution < -0.4 is 11.5 Å². The highest BCUT2D eigenvalue weighted by Crippen LogP contribution is 2.15. The molecule has 1 aromatic rings. The predicted molar refractivity (Wildman–Crippen MR) is 45.1 cm³/mol. The average Bonchev–Trinajstić information content (AvgIpc) is 2.03. The topological polar surface area (TPSA) is 106 Å². The van der Waals surface area contributed by atoms with E-state index in [0.29, 0.717) is 0 Å². The van der Waals surface area contributed by atoms with Crippen LogP contribution in [0.5, 0.6) is 5.75 Å². The molecule has 0 aliphatic rings. The lowest BCUT2D eigenvalue weighted by Gasteiger charge is -2.02. The highest BCUT2D eigenvalue weighted by atomic mass is 16.3. The van der Waals surface area contributed by atoms with Crippen LogP contribution >= 0.6 is 0 Å².